The molecule has 0 N–H and O–H groups in total. The summed E-state index contributed by atoms with van der Waals surface area (Å²) in [7, 11) is 0. The third kappa shape index (κ3) is 5.43. The minimum absolute atomic E-state index is 0.211. The smallest absolute Gasteiger partial charge is 0.160 e. The third-order valence-electron chi connectivity index (χ3n) is 11.8. The second-order valence-corrected chi connectivity index (χ2v) is 15.1. The molecule has 0 fully saturated rings. The van der Waals surface area contributed by atoms with E-state index in [0.717, 1.165) is 66.7 Å². The van der Waals surface area contributed by atoms with Gasteiger partial charge in [-0.25, -0.2) is 9.97 Å². The van der Waals surface area contributed by atoms with Gasteiger partial charge in [-0.2, -0.15) is 0 Å². The number of aromatic nitrogens is 2. The van der Waals surface area contributed by atoms with Crippen molar-refractivity contribution < 1.29 is 4.42 Å². The molecule has 57 heavy (non-hydrogen) atoms. The fraction of sp³-hybridized carbons (Fsp3) is 0.0370. The normalized spacial score (nSPS) is 14.5. The Balaban J connectivity index is 0.980. The Bertz CT molecular complexity index is 3130. The Hall–Kier alpha value is -7.36. The fourth-order valence-corrected chi connectivity index (χ4v) is 8.88. The van der Waals surface area contributed by atoms with Crippen LogP contribution in [-0.4, -0.2) is 9.97 Å². The molecule has 3 heteroatoms. The summed E-state index contributed by atoms with van der Waals surface area (Å²) < 4.78 is 6.42. The maximum absolute atomic E-state index is 6.42. The standard InChI is InChI=1S/C54H36N2O/c1-54(41-18-6-3-7-19-41)47-24-10-8-20-43(47)46-33-38(30-31-48(46)54)35-26-28-36(29-27-35)49-34-50(56-53(55-49)37-14-4-2-5-15-37)40-17-12-16-39(32-40)42-22-13-23-45-44-21-9-11-25-51(44)57-52(42)45/h2-34H,1H3. The Morgan fingerprint density at radius 1 is 0.386 bits per heavy atom. The minimum atomic E-state index is -0.211. The predicted octanol–water partition coefficient (Wildman–Crippen LogP) is 14.0. The summed E-state index contributed by atoms with van der Waals surface area (Å²) in [5.41, 5.74) is 17.4. The van der Waals surface area contributed by atoms with E-state index in [1.54, 1.807) is 0 Å². The first kappa shape index (κ1) is 33.0. The van der Waals surface area contributed by atoms with E-state index in [-0.39, 0.29) is 5.41 Å². The summed E-state index contributed by atoms with van der Waals surface area (Å²) in [6, 6.07) is 71.0. The molecule has 0 spiro atoms. The van der Waals surface area contributed by atoms with Crippen LogP contribution in [0, 0.1) is 0 Å². The number of nitrogens with zero attached hydrogens (tertiary/aromatic N) is 2. The average molecular weight is 729 g/mol. The predicted molar refractivity (Wildman–Crippen MR) is 234 cm³/mol. The summed E-state index contributed by atoms with van der Waals surface area (Å²) in [4.78, 5) is 10.3. The maximum Gasteiger partial charge on any atom is 0.160 e. The second kappa shape index (κ2) is 13.1. The average Bonchev–Trinajstić information content (AvgIpc) is 3.80. The SMILES string of the molecule is CC1(c2ccccc2)c2ccccc2-c2cc(-c3ccc(-c4cc(-c5cccc(-c6cccc7c6oc6ccccc67)c5)nc(-c5ccccc5)n4)cc3)ccc21. The molecule has 0 saturated carbocycles. The maximum atomic E-state index is 6.42. The molecule has 0 aliphatic heterocycles. The lowest BCUT2D eigenvalue weighted by atomic mass is 9.74. The van der Waals surface area contributed by atoms with Crippen LogP contribution in [0.5, 0.6) is 0 Å². The number of furan rings is 1. The van der Waals surface area contributed by atoms with Crippen molar-refractivity contribution in [1.29, 1.82) is 0 Å². The highest BCUT2D eigenvalue weighted by molar-refractivity contribution is 6.09. The van der Waals surface area contributed by atoms with Crippen LogP contribution in [0.4, 0.5) is 0 Å². The number of fused-ring (bicyclic) bond motifs is 6. The fourth-order valence-electron chi connectivity index (χ4n) is 8.88. The van der Waals surface area contributed by atoms with Crippen molar-refractivity contribution >= 4 is 21.9 Å². The van der Waals surface area contributed by atoms with Crippen LogP contribution >= 0.6 is 0 Å². The van der Waals surface area contributed by atoms with Gasteiger partial charge in [0, 0.05) is 38.4 Å². The van der Waals surface area contributed by atoms with Crippen LogP contribution in [0.15, 0.2) is 205 Å². The van der Waals surface area contributed by atoms with Gasteiger partial charge in [0.05, 0.1) is 11.4 Å². The van der Waals surface area contributed by atoms with Crippen molar-refractivity contribution in [3.8, 4) is 67.3 Å². The molecule has 1 unspecified atom stereocenters. The van der Waals surface area contributed by atoms with Crippen LogP contribution in [0.25, 0.3) is 89.2 Å². The monoisotopic (exact) mass is 728 g/mol. The minimum Gasteiger partial charge on any atom is -0.455 e. The Morgan fingerprint density at radius 2 is 0.982 bits per heavy atom. The van der Waals surface area contributed by atoms with Crippen LogP contribution in [0.3, 0.4) is 0 Å². The van der Waals surface area contributed by atoms with Gasteiger partial charge in [0.1, 0.15) is 11.2 Å². The number of benzene rings is 8. The highest BCUT2D eigenvalue weighted by Gasteiger charge is 2.40. The molecule has 268 valence electrons. The van der Waals surface area contributed by atoms with E-state index >= 15 is 0 Å². The quantitative estimate of drug-likeness (QED) is 0.171. The topological polar surface area (TPSA) is 38.9 Å². The van der Waals surface area contributed by atoms with Crippen molar-refractivity contribution in [1.82, 2.24) is 9.97 Å². The van der Waals surface area contributed by atoms with Crippen LogP contribution < -0.4 is 0 Å². The molecule has 0 radical (unpaired) electrons. The number of hydrogen-bond acceptors (Lipinski definition) is 3. The summed E-state index contributed by atoms with van der Waals surface area (Å²) in [6.07, 6.45) is 0. The number of para-hydroxylation sites is 2. The van der Waals surface area contributed by atoms with Crippen molar-refractivity contribution in [3.05, 3.63) is 217 Å². The Labute approximate surface area is 331 Å². The molecule has 11 rings (SSSR count). The molecule has 0 bridgehead atoms. The number of hydrogen-bond donors (Lipinski definition) is 0. The van der Waals surface area contributed by atoms with Crippen molar-refractivity contribution in [3.63, 3.8) is 0 Å². The lowest BCUT2D eigenvalue weighted by molar-refractivity contribution is 0.670. The van der Waals surface area contributed by atoms with E-state index in [1.807, 2.05) is 30.3 Å². The highest BCUT2D eigenvalue weighted by atomic mass is 16.3. The molecule has 2 aromatic heterocycles. The van der Waals surface area contributed by atoms with Gasteiger partial charge in [-0.1, -0.05) is 176 Å². The van der Waals surface area contributed by atoms with Gasteiger partial charge >= 0.3 is 0 Å². The summed E-state index contributed by atoms with van der Waals surface area (Å²) in [6.45, 7) is 2.36. The molecular weight excluding hydrogens is 693 g/mol. The molecule has 2 heterocycles. The van der Waals surface area contributed by atoms with Gasteiger partial charge < -0.3 is 4.42 Å². The molecule has 3 nitrogen and oxygen atoms in total. The van der Waals surface area contributed by atoms with Crippen molar-refractivity contribution in [2.75, 3.05) is 0 Å². The van der Waals surface area contributed by atoms with Crippen molar-refractivity contribution in [2.45, 2.75) is 12.3 Å². The van der Waals surface area contributed by atoms with Gasteiger partial charge in [-0.05, 0) is 75.7 Å². The van der Waals surface area contributed by atoms with Crippen LogP contribution in [0.2, 0.25) is 0 Å². The number of rotatable bonds is 6. The molecule has 10 aromatic rings. The largest absolute Gasteiger partial charge is 0.455 e. The van der Waals surface area contributed by atoms with Gasteiger partial charge in [-0.3, -0.25) is 0 Å². The van der Waals surface area contributed by atoms with E-state index in [2.05, 4.69) is 177 Å². The first-order chi connectivity index (χ1) is 28.1. The molecule has 1 aliphatic rings. The lowest BCUT2D eigenvalue weighted by Crippen LogP contribution is -2.22. The van der Waals surface area contributed by atoms with Gasteiger partial charge in [-0.15, -0.1) is 0 Å². The first-order valence-corrected chi connectivity index (χ1v) is 19.5. The van der Waals surface area contributed by atoms with E-state index in [9.17, 15) is 0 Å². The van der Waals surface area contributed by atoms with Crippen LogP contribution in [0.1, 0.15) is 23.6 Å². The van der Waals surface area contributed by atoms with Crippen LogP contribution in [-0.2, 0) is 5.41 Å². The third-order valence-corrected chi connectivity index (χ3v) is 11.8. The second-order valence-electron chi connectivity index (χ2n) is 15.1. The lowest BCUT2D eigenvalue weighted by Gasteiger charge is -2.28. The molecule has 0 amide bonds. The van der Waals surface area contributed by atoms with E-state index in [0.29, 0.717) is 5.82 Å². The zero-order valence-electron chi connectivity index (χ0n) is 31.4. The molecular formula is C54H36N2O. The Morgan fingerprint density at radius 3 is 1.82 bits per heavy atom. The van der Waals surface area contributed by atoms with E-state index < -0.39 is 0 Å². The summed E-state index contributed by atoms with van der Waals surface area (Å²) >= 11 is 0. The van der Waals surface area contributed by atoms with Gasteiger partial charge in [0.2, 0.25) is 0 Å². The van der Waals surface area contributed by atoms with Gasteiger partial charge in [0.15, 0.2) is 5.82 Å². The molecule has 0 saturated heterocycles. The molecule has 1 aliphatic carbocycles. The summed E-state index contributed by atoms with van der Waals surface area (Å²) in [5.74, 6) is 0.690. The van der Waals surface area contributed by atoms with E-state index in [4.69, 9.17) is 14.4 Å². The van der Waals surface area contributed by atoms with Gasteiger partial charge in [0.25, 0.3) is 0 Å². The first-order valence-electron chi connectivity index (χ1n) is 19.5. The van der Waals surface area contributed by atoms with E-state index in [1.165, 1.54) is 33.4 Å². The molecule has 1 atom stereocenters. The highest BCUT2D eigenvalue weighted by Crippen LogP contribution is 2.53. The zero-order valence-corrected chi connectivity index (χ0v) is 31.4. The molecule has 8 aromatic carbocycles. The van der Waals surface area contributed by atoms with Crippen molar-refractivity contribution in [2.24, 2.45) is 0 Å². The zero-order chi connectivity index (χ0) is 37.9. The summed E-state index contributed by atoms with van der Waals surface area (Å²) in [5, 5.41) is 2.24. The Kier molecular flexibility index (Phi) is 7.61.